The summed E-state index contributed by atoms with van der Waals surface area (Å²) in [7, 11) is 0. The van der Waals surface area contributed by atoms with Gasteiger partial charge in [-0.25, -0.2) is 14.4 Å². The van der Waals surface area contributed by atoms with E-state index in [1.165, 1.54) is 0 Å². The molecule has 3 N–H and O–H groups in total. The van der Waals surface area contributed by atoms with Crippen molar-refractivity contribution in [1.82, 2.24) is 0 Å². The molecule has 0 heterocycles. The van der Waals surface area contributed by atoms with Gasteiger partial charge in [0.05, 0.1) is 0 Å². The van der Waals surface area contributed by atoms with E-state index in [2.05, 4.69) is 4.74 Å². The van der Waals surface area contributed by atoms with Crippen molar-refractivity contribution in [2.45, 2.75) is 104 Å². The van der Waals surface area contributed by atoms with E-state index in [0.29, 0.717) is 13.0 Å². The number of carbonyl (C=O) groups excluding carboxylic acids is 3. The highest BCUT2D eigenvalue weighted by molar-refractivity contribution is 5.77. The molecule has 0 saturated carbocycles. The summed E-state index contributed by atoms with van der Waals surface area (Å²) in [5.74, 6) is -0.547. The molecule has 29 heavy (non-hydrogen) atoms. The minimum Gasteiger partial charge on any atom is -0.458 e. The summed E-state index contributed by atoms with van der Waals surface area (Å²) in [5.41, 5.74) is 3.37. The first kappa shape index (κ1) is 29.3. The number of ether oxygens (including phenoxy) is 4. The van der Waals surface area contributed by atoms with Crippen LogP contribution in [0.25, 0.3) is 0 Å². The molecule has 0 radical (unpaired) electrons. The number of nitrogens with two attached hydrogens (primary N) is 1. The van der Waals surface area contributed by atoms with Gasteiger partial charge in [0.15, 0.2) is 6.10 Å². The molecule has 0 fully saturated rings. The topological polar surface area (TPSA) is 134 Å². The van der Waals surface area contributed by atoms with Gasteiger partial charge >= 0.3 is 18.3 Å². The lowest BCUT2D eigenvalue weighted by atomic mass is 10.1. The number of aliphatic hydroxyl groups is 1. The fraction of sp³-hybridized carbons (Fsp3) is 0.850. The maximum Gasteiger partial charge on any atom is 0.519 e. The van der Waals surface area contributed by atoms with E-state index in [4.69, 9.17) is 19.9 Å². The van der Waals surface area contributed by atoms with E-state index in [1.807, 2.05) is 0 Å². The summed E-state index contributed by atoms with van der Waals surface area (Å²) in [6.45, 7) is 15.9. The van der Waals surface area contributed by atoms with Crippen molar-refractivity contribution in [3.8, 4) is 0 Å². The van der Waals surface area contributed by atoms with Crippen LogP contribution < -0.4 is 5.73 Å². The summed E-state index contributed by atoms with van der Waals surface area (Å²) in [6, 6.07) is 0. The van der Waals surface area contributed by atoms with Gasteiger partial charge in [0, 0.05) is 0 Å². The van der Waals surface area contributed by atoms with Crippen LogP contribution in [0, 0.1) is 0 Å². The van der Waals surface area contributed by atoms with Crippen LogP contribution >= 0.6 is 0 Å². The Hall–Kier alpha value is -1.87. The third-order valence-corrected chi connectivity index (χ3v) is 2.56. The van der Waals surface area contributed by atoms with Gasteiger partial charge in [0.1, 0.15) is 16.8 Å². The molecule has 0 aromatic heterocycles. The van der Waals surface area contributed by atoms with E-state index < -0.39 is 41.2 Å². The van der Waals surface area contributed by atoms with Crippen molar-refractivity contribution in [3.63, 3.8) is 0 Å². The highest BCUT2D eigenvalue weighted by atomic mass is 16.8. The number of hydrogen-bond donors (Lipinski definition) is 2. The van der Waals surface area contributed by atoms with Crippen molar-refractivity contribution < 1.29 is 38.4 Å². The third kappa shape index (κ3) is 22.3. The average Bonchev–Trinajstić information content (AvgIpc) is 2.41. The molecule has 0 aliphatic carbocycles. The van der Waals surface area contributed by atoms with Crippen LogP contribution in [-0.2, 0) is 23.7 Å². The van der Waals surface area contributed by atoms with E-state index in [-0.39, 0.29) is 0 Å². The first-order valence-electron chi connectivity index (χ1n) is 9.61. The average molecular weight is 422 g/mol. The standard InChI is InChI=1S/C10H21NO3.C10H18O5/c1-10(2,3)14-9(13)8(12)6-4-5-7-11;1-9(2,3)14-7(11)13-8(12)15-10(4,5)6/h8,12H,4-7,11H2,1-3H3;1-6H3. The van der Waals surface area contributed by atoms with Crippen molar-refractivity contribution in [2.75, 3.05) is 6.54 Å². The van der Waals surface area contributed by atoms with Crippen molar-refractivity contribution >= 4 is 18.3 Å². The van der Waals surface area contributed by atoms with Crippen molar-refractivity contribution in [1.29, 1.82) is 0 Å². The third-order valence-electron chi connectivity index (χ3n) is 2.56. The first-order valence-corrected chi connectivity index (χ1v) is 9.61. The number of aliphatic hydroxyl groups excluding tert-OH is 1. The Bertz CT molecular complexity index is 486. The largest absolute Gasteiger partial charge is 0.519 e. The van der Waals surface area contributed by atoms with Gasteiger partial charge in [-0.2, -0.15) is 0 Å². The number of unbranched alkanes of at least 4 members (excludes halogenated alkanes) is 1. The second-order valence-corrected chi connectivity index (χ2v) is 9.36. The molecular weight excluding hydrogens is 382 g/mol. The molecule has 0 aliphatic heterocycles. The molecule has 9 nitrogen and oxygen atoms in total. The van der Waals surface area contributed by atoms with Gasteiger partial charge in [-0.3, -0.25) is 0 Å². The monoisotopic (exact) mass is 421 g/mol. The Balaban J connectivity index is 0. The highest BCUT2D eigenvalue weighted by Crippen LogP contribution is 2.12. The van der Waals surface area contributed by atoms with Crippen LogP contribution in [0.3, 0.4) is 0 Å². The van der Waals surface area contributed by atoms with Crippen LogP contribution in [0.2, 0.25) is 0 Å². The zero-order valence-electron chi connectivity index (χ0n) is 19.3. The molecule has 0 bridgehead atoms. The number of rotatable bonds is 5. The molecule has 0 amide bonds. The lowest BCUT2D eigenvalue weighted by Gasteiger charge is -2.21. The van der Waals surface area contributed by atoms with E-state index >= 15 is 0 Å². The van der Waals surface area contributed by atoms with Crippen LogP contribution in [0.1, 0.15) is 81.6 Å². The molecule has 0 aliphatic rings. The summed E-state index contributed by atoms with van der Waals surface area (Å²) in [6.07, 6.45) is -1.14. The zero-order chi connectivity index (χ0) is 23.5. The Morgan fingerprint density at radius 3 is 1.45 bits per heavy atom. The molecule has 1 unspecified atom stereocenters. The maximum atomic E-state index is 11.2. The first-order chi connectivity index (χ1) is 12.9. The Kier molecular flexibility index (Phi) is 12.8. The molecule has 0 aromatic carbocycles. The Morgan fingerprint density at radius 2 is 1.14 bits per heavy atom. The number of hydrogen-bond acceptors (Lipinski definition) is 9. The smallest absolute Gasteiger partial charge is 0.458 e. The summed E-state index contributed by atoms with van der Waals surface area (Å²) in [5, 5.41) is 9.39. The minimum absolute atomic E-state index is 0.423. The second-order valence-electron chi connectivity index (χ2n) is 9.36. The summed E-state index contributed by atoms with van der Waals surface area (Å²) >= 11 is 0. The Morgan fingerprint density at radius 1 is 0.759 bits per heavy atom. The van der Waals surface area contributed by atoms with Gasteiger partial charge in [0.25, 0.3) is 0 Å². The molecule has 0 spiro atoms. The van der Waals surface area contributed by atoms with Crippen LogP contribution in [0.4, 0.5) is 9.59 Å². The SMILES string of the molecule is CC(C)(C)OC(=O)C(O)CCCCN.CC(C)(C)OC(=O)OC(=O)OC(C)(C)C. The van der Waals surface area contributed by atoms with Gasteiger partial charge < -0.3 is 29.8 Å². The zero-order valence-corrected chi connectivity index (χ0v) is 19.3. The lowest BCUT2D eigenvalue weighted by Crippen LogP contribution is -2.31. The highest BCUT2D eigenvalue weighted by Gasteiger charge is 2.24. The molecule has 0 saturated heterocycles. The quantitative estimate of drug-likeness (QED) is 0.295. The van der Waals surface area contributed by atoms with Crippen LogP contribution in [-0.4, -0.2) is 52.8 Å². The van der Waals surface area contributed by atoms with E-state index in [1.54, 1.807) is 62.3 Å². The fourth-order valence-corrected chi connectivity index (χ4v) is 1.58. The second kappa shape index (κ2) is 12.6. The minimum atomic E-state index is -1.06. The Labute approximate surface area is 174 Å². The molecule has 1 atom stereocenters. The van der Waals surface area contributed by atoms with Crippen molar-refractivity contribution in [3.05, 3.63) is 0 Å². The van der Waals surface area contributed by atoms with Gasteiger partial charge in [0.2, 0.25) is 0 Å². The maximum absolute atomic E-state index is 11.2. The molecule has 0 aromatic rings. The van der Waals surface area contributed by atoms with Gasteiger partial charge in [-0.15, -0.1) is 0 Å². The summed E-state index contributed by atoms with van der Waals surface area (Å²) < 4.78 is 18.8. The molecule has 0 rings (SSSR count). The number of esters is 1. The predicted octanol–water partition coefficient (Wildman–Crippen LogP) is 3.69. The fourth-order valence-electron chi connectivity index (χ4n) is 1.58. The van der Waals surface area contributed by atoms with Gasteiger partial charge in [-0.1, -0.05) is 0 Å². The van der Waals surface area contributed by atoms with Crippen molar-refractivity contribution in [2.24, 2.45) is 5.73 Å². The van der Waals surface area contributed by atoms with Crippen LogP contribution in [0.15, 0.2) is 0 Å². The molecular formula is C20H39NO8. The number of carbonyl (C=O) groups is 3. The normalized spacial score (nSPS) is 12.8. The van der Waals surface area contributed by atoms with Gasteiger partial charge in [-0.05, 0) is 88.1 Å². The lowest BCUT2D eigenvalue weighted by molar-refractivity contribution is -0.165. The van der Waals surface area contributed by atoms with Crippen LogP contribution in [0.5, 0.6) is 0 Å². The molecule has 172 valence electrons. The van der Waals surface area contributed by atoms with E-state index in [9.17, 15) is 19.5 Å². The summed E-state index contributed by atoms with van der Waals surface area (Å²) in [4.78, 5) is 33.3. The van der Waals surface area contributed by atoms with E-state index in [0.717, 1.165) is 12.8 Å². The predicted molar refractivity (Wildman–Crippen MR) is 108 cm³/mol. The molecule has 9 heteroatoms.